The normalized spacial score (nSPS) is 14.6. The summed E-state index contributed by atoms with van der Waals surface area (Å²) in [5, 5.41) is 29.9. The average molecular weight is 784 g/mol. The van der Waals surface area contributed by atoms with Gasteiger partial charge in [0, 0.05) is 32.6 Å². The number of hydrogen-bond donors (Lipinski definition) is 3. The summed E-state index contributed by atoms with van der Waals surface area (Å²) in [5.41, 5.74) is 2.61. The van der Waals surface area contributed by atoms with Crippen molar-refractivity contribution in [1.82, 2.24) is 24.9 Å². The zero-order chi connectivity index (χ0) is 40.8. The number of ketones is 1. The fourth-order valence-corrected chi connectivity index (χ4v) is 7.63. The molecule has 0 fully saturated rings. The fourth-order valence-electron chi connectivity index (χ4n) is 7.63. The molecule has 2 atom stereocenters. The third-order valence-electron chi connectivity index (χ3n) is 10.5. The van der Waals surface area contributed by atoms with Crippen LogP contribution in [0, 0.1) is 6.92 Å². The summed E-state index contributed by atoms with van der Waals surface area (Å²) >= 11 is 0. The number of rotatable bonds is 13. The maximum atomic E-state index is 14.4. The summed E-state index contributed by atoms with van der Waals surface area (Å²) in [6.45, 7) is 7.63. The molecule has 0 spiro atoms. The molecular weight excluding hydrogens is 743 g/mol. The number of hydrogen-bond acceptors (Lipinski definition) is 8. The van der Waals surface area contributed by atoms with Crippen LogP contribution in [0.5, 0.6) is 0 Å². The Morgan fingerprint density at radius 2 is 1.25 bits per heavy atom. The molecule has 0 aliphatic carbocycles. The van der Waals surface area contributed by atoms with E-state index in [0.717, 1.165) is 16.7 Å². The highest BCUT2D eigenvalue weighted by molar-refractivity contribution is 6.03. The lowest BCUT2D eigenvalue weighted by Gasteiger charge is -2.22. The van der Waals surface area contributed by atoms with Crippen molar-refractivity contribution in [3.05, 3.63) is 129 Å². The Bertz CT molecular complexity index is 2370. The molecule has 0 bridgehead atoms. The van der Waals surface area contributed by atoms with Crippen LogP contribution in [-0.2, 0) is 32.4 Å². The molecule has 3 aromatic carbocycles. The van der Waals surface area contributed by atoms with Gasteiger partial charge in [-0.3, -0.25) is 9.59 Å². The number of aryl methyl sites for hydroxylation is 1. The van der Waals surface area contributed by atoms with Gasteiger partial charge in [0.25, 0.3) is 5.91 Å². The first-order chi connectivity index (χ1) is 27.1. The van der Waals surface area contributed by atoms with Gasteiger partial charge in [-0.05, 0) is 66.3 Å². The molecule has 0 radical (unpaired) electrons. The van der Waals surface area contributed by atoms with Gasteiger partial charge in [-0.15, -0.1) is 0 Å². The summed E-state index contributed by atoms with van der Waals surface area (Å²) in [5.74, 6) is -2.86. The van der Waals surface area contributed by atoms with Crippen LogP contribution in [0.25, 0.3) is 0 Å². The maximum absolute atomic E-state index is 14.4. The van der Waals surface area contributed by atoms with Gasteiger partial charge in [-0.1, -0.05) is 55.5 Å². The van der Waals surface area contributed by atoms with Gasteiger partial charge in [0.1, 0.15) is 17.2 Å². The summed E-state index contributed by atoms with van der Waals surface area (Å²) in [4.78, 5) is 53.8. The van der Waals surface area contributed by atoms with Gasteiger partial charge in [0.05, 0.1) is 41.5 Å². The van der Waals surface area contributed by atoms with Gasteiger partial charge < -0.3 is 25.3 Å². The van der Waals surface area contributed by atoms with E-state index in [1.165, 1.54) is 28.9 Å². The van der Waals surface area contributed by atoms with E-state index in [0.29, 0.717) is 48.8 Å². The van der Waals surface area contributed by atoms with Crippen LogP contribution in [0.2, 0.25) is 0 Å². The first-order valence-electron chi connectivity index (χ1n) is 18.4. The van der Waals surface area contributed by atoms with E-state index in [-0.39, 0.29) is 42.4 Å². The van der Waals surface area contributed by atoms with E-state index < -0.39 is 47.1 Å². The Hall–Kier alpha value is -6.45. The Morgan fingerprint density at radius 3 is 1.77 bits per heavy atom. The molecule has 0 saturated heterocycles. The van der Waals surface area contributed by atoms with Gasteiger partial charge in [-0.25, -0.2) is 19.0 Å². The van der Waals surface area contributed by atoms with Crippen molar-refractivity contribution in [2.45, 2.75) is 71.5 Å². The standard InChI is InChI=1S/C41H40F3N7O6/c1-23(28-7-11-30(12-8-28)39(54)55)19-32(52)34-35(41(42,43)44)47-51-18-16-49(38(34)51)22-27-6-4-5-26(20-27)21-48-15-17-50-37(48)33(25(3)46-50)36(53)45-24(2)29-9-13-31(14-10-29)40(56)57/h4-14,20,23-24H,15-19,21-22H2,1-3H3,(H,45,53)(H,54,55)(H,56,57)/t23-,24+/m1/s1. The Balaban J connectivity index is 1.08. The van der Waals surface area contributed by atoms with Gasteiger partial charge in [0.2, 0.25) is 0 Å². The average Bonchev–Trinajstić information content (AvgIpc) is 3.93. The van der Waals surface area contributed by atoms with Gasteiger partial charge in [0.15, 0.2) is 11.5 Å². The molecule has 2 aliphatic heterocycles. The third-order valence-corrected chi connectivity index (χ3v) is 10.5. The minimum absolute atomic E-state index is 0.0653. The first kappa shape index (κ1) is 38.8. The van der Waals surface area contributed by atoms with Crippen LogP contribution < -0.4 is 15.1 Å². The van der Waals surface area contributed by atoms with Crippen molar-refractivity contribution in [3.8, 4) is 0 Å². The van der Waals surface area contributed by atoms with E-state index in [1.54, 1.807) is 47.7 Å². The van der Waals surface area contributed by atoms with E-state index in [1.807, 2.05) is 31.2 Å². The van der Waals surface area contributed by atoms with Crippen molar-refractivity contribution in [1.29, 1.82) is 0 Å². The number of halogens is 3. The second-order valence-corrected chi connectivity index (χ2v) is 14.5. The number of anilines is 2. The summed E-state index contributed by atoms with van der Waals surface area (Å²) in [7, 11) is 0. The number of Topliss-reactive ketones (excluding diaryl/α,β-unsaturated/α-hetero) is 1. The van der Waals surface area contributed by atoms with E-state index >= 15 is 0 Å². The topological polar surface area (TPSA) is 163 Å². The number of carbonyl (C=O) groups excluding carboxylic acids is 2. The molecule has 7 rings (SSSR count). The third kappa shape index (κ3) is 7.84. The lowest BCUT2D eigenvalue weighted by Crippen LogP contribution is -2.29. The molecule has 5 aromatic rings. The smallest absolute Gasteiger partial charge is 0.435 e. The van der Waals surface area contributed by atoms with Crippen molar-refractivity contribution < 1.29 is 42.6 Å². The Labute approximate surface area is 325 Å². The predicted octanol–water partition coefficient (Wildman–Crippen LogP) is 6.71. The van der Waals surface area contributed by atoms with Crippen LogP contribution in [0.4, 0.5) is 24.8 Å². The fraction of sp³-hybridized carbons (Fsp3) is 0.317. The predicted molar refractivity (Wildman–Crippen MR) is 203 cm³/mol. The summed E-state index contributed by atoms with van der Waals surface area (Å²) in [6, 6.07) is 19.5. The first-order valence-corrected chi connectivity index (χ1v) is 18.4. The molecule has 2 aromatic heterocycles. The lowest BCUT2D eigenvalue weighted by molar-refractivity contribution is -0.141. The van der Waals surface area contributed by atoms with Crippen LogP contribution in [0.15, 0.2) is 72.8 Å². The number of carboxylic acids is 2. The number of aromatic carboxylic acids is 2. The quantitative estimate of drug-likeness (QED) is 0.109. The zero-order valence-electron chi connectivity index (χ0n) is 31.4. The lowest BCUT2D eigenvalue weighted by atomic mass is 9.92. The summed E-state index contributed by atoms with van der Waals surface area (Å²) in [6.07, 6.45) is -5.09. The highest BCUT2D eigenvalue weighted by atomic mass is 19.4. The monoisotopic (exact) mass is 783 g/mol. The highest BCUT2D eigenvalue weighted by Gasteiger charge is 2.44. The van der Waals surface area contributed by atoms with Crippen LogP contribution in [0.1, 0.15) is 107 Å². The molecule has 4 heterocycles. The molecule has 0 saturated carbocycles. The Kier molecular flexibility index (Phi) is 10.4. The number of alkyl halides is 3. The van der Waals surface area contributed by atoms with Gasteiger partial charge >= 0.3 is 18.1 Å². The Morgan fingerprint density at radius 1 is 0.737 bits per heavy atom. The minimum Gasteiger partial charge on any atom is -0.478 e. The molecule has 57 heavy (non-hydrogen) atoms. The van der Waals surface area contributed by atoms with Crippen LogP contribution in [-0.4, -0.2) is 66.5 Å². The maximum Gasteiger partial charge on any atom is 0.435 e. The molecular formula is C41H40F3N7O6. The second kappa shape index (κ2) is 15.2. The van der Waals surface area contributed by atoms with Crippen molar-refractivity contribution >= 4 is 35.3 Å². The number of aromatic nitrogens is 4. The van der Waals surface area contributed by atoms with Crippen molar-refractivity contribution in [2.24, 2.45) is 0 Å². The van der Waals surface area contributed by atoms with Crippen LogP contribution in [0.3, 0.4) is 0 Å². The molecule has 16 heteroatoms. The number of benzene rings is 3. The minimum atomic E-state index is -4.86. The molecule has 1 amide bonds. The zero-order valence-corrected chi connectivity index (χ0v) is 31.4. The largest absolute Gasteiger partial charge is 0.478 e. The van der Waals surface area contributed by atoms with E-state index in [4.69, 9.17) is 0 Å². The van der Waals surface area contributed by atoms with Crippen molar-refractivity contribution in [2.75, 3.05) is 22.9 Å². The second-order valence-electron chi connectivity index (χ2n) is 14.5. The highest BCUT2D eigenvalue weighted by Crippen LogP contribution is 2.40. The van der Waals surface area contributed by atoms with E-state index in [9.17, 15) is 42.6 Å². The summed E-state index contributed by atoms with van der Waals surface area (Å²) < 4.78 is 46.1. The molecule has 3 N–H and O–H groups in total. The number of carboxylic acid groups (broad SMARTS) is 2. The van der Waals surface area contributed by atoms with Crippen molar-refractivity contribution in [3.63, 3.8) is 0 Å². The number of carbonyl (C=O) groups is 4. The molecule has 0 unspecified atom stereocenters. The van der Waals surface area contributed by atoms with E-state index in [2.05, 4.69) is 20.4 Å². The van der Waals surface area contributed by atoms with Crippen LogP contribution >= 0.6 is 0 Å². The number of fused-ring (bicyclic) bond motifs is 2. The molecule has 2 aliphatic rings. The number of nitrogens with one attached hydrogen (secondary N) is 1. The molecule has 296 valence electrons. The molecule has 13 nitrogen and oxygen atoms in total. The number of nitrogens with zero attached hydrogens (tertiary/aromatic N) is 6. The SMILES string of the molecule is Cc1nn2c(c1C(=O)N[C@@H](C)c1ccc(C(=O)O)cc1)N(Cc1cccc(CN3CCn4nc(C(F)(F)F)c(C(=O)C[C@@H](C)c5ccc(C(=O)O)cc5)c43)c1)CC2. The van der Waals surface area contributed by atoms with Gasteiger partial charge in [-0.2, -0.15) is 23.4 Å². The number of amides is 1.